The van der Waals surface area contributed by atoms with Gasteiger partial charge in [-0.25, -0.2) is 0 Å². The molecular weight excluding hydrogens is 392 g/mol. The van der Waals surface area contributed by atoms with E-state index < -0.39 is 0 Å². The molecule has 1 amide bonds. The number of halogens is 1. The van der Waals surface area contributed by atoms with Crippen LogP contribution in [0.15, 0.2) is 59.3 Å². The van der Waals surface area contributed by atoms with Crippen LogP contribution in [-0.2, 0) is 6.54 Å². The largest absolute Gasteiger partial charge is 0.352 e. The highest BCUT2D eigenvalue weighted by Gasteiger charge is 2.13. The summed E-state index contributed by atoms with van der Waals surface area (Å²) in [5.74, 6) is 0.191. The van der Waals surface area contributed by atoms with Gasteiger partial charge in [0.25, 0.3) is 5.91 Å². The van der Waals surface area contributed by atoms with Crippen LogP contribution in [0.25, 0.3) is 11.3 Å². The van der Waals surface area contributed by atoms with Crippen LogP contribution < -0.4 is 5.32 Å². The molecule has 0 aliphatic carbocycles. The van der Waals surface area contributed by atoms with Gasteiger partial charge in [0.1, 0.15) is 0 Å². The van der Waals surface area contributed by atoms with Crippen molar-refractivity contribution in [1.29, 1.82) is 0 Å². The predicted molar refractivity (Wildman–Crippen MR) is 106 cm³/mol. The van der Waals surface area contributed by atoms with Crippen molar-refractivity contribution in [3.05, 3.63) is 70.6 Å². The summed E-state index contributed by atoms with van der Waals surface area (Å²) in [5.41, 5.74) is 3.20. The fourth-order valence-electron chi connectivity index (χ4n) is 2.76. The van der Waals surface area contributed by atoms with Crippen LogP contribution >= 0.6 is 15.9 Å². The number of carbonyl (C=O) groups excluding carboxylic acids is 1. The van der Waals surface area contributed by atoms with Gasteiger partial charge in [-0.3, -0.25) is 14.5 Å². The Balaban J connectivity index is 1.64. The standard InChI is InChI=1S/C20H21BrN4O/c1-14(13-25-10-4-9-23-25)12-22-20(26)18-7-8-19(24-15(18)2)16-5-3-6-17(21)11-16/h3-11,14H,12-13H2,1-2H3,(H,22,26). The summed E-state index contributed by atoms with van der Waals surface area (Å²) in [5, 5.41) is 7.18. The number of hydrogen-bond donors (Lipinski definition) is 1. The Morgan fingerprint density at radius 3 is 2.81 bits per heavy atom. The van der Waals surface area contributed by atoms with Crippen molar-refractivity contribution >= 4 is 21.8 Å². The Labute approximate surface area is 161 Å². The van der Waals surface area contributed by atoms with E-state index in [2.05, 4.69) is 38.3 Å². The number of carbonyl (C=O) groups is 1. The summed E-state index contributed by atoms with van der Waals surface area (Å²) in [7, 11) is 0. The Kier molecular flexibility index (Phi) is 5.83. The number of hydrogen-bond acceptors (Lipinski definition) is 3. The summed E-state index contributed by atoms with van der Waals surface area (Å²) in [6.45, 7) is 5.31. The van der Waals surface area contributed by atoms with Gasteiger partial charge in [-0.15, -0.1) is 0 Å². The van der Waals surface area contributed by atoms with Crippen LogP contribution in [0.1, 0.15) is 23.0 Å². The first kappa shape index (κ1) is 18.3. The number of rotatable bonds is 6. The highest BCUT2D eigenvalue weighted by molar-refractivity contribution is 9.10. The molecule has 5 nitrogen and oxygen atoms in total. The Morgan fingerprint density at radius 2 is 2.12 bits per heavy atom. The van der Waals surface area contributed by atoms with E-state index in [0.29, 0.717) is 12.1 Å². The molecule has 26 heavy (non-hydrogen) atoms. The molecule has 3 rings (SSSR count). The second-order valence-corrected chi connectivity index (χ2v) is 7.30. The molecular formula is C20H21BrN4O. The molecule has 6 heteroatoms. The lowest BCUT2D eigenvalue weighted by molar-refractivity contribution is 0.0945. The van der Waals surface area contributed by atoms with Gasteiger partial charge >= 0.3 is 0 Å². The minimum Gasteiger partial charge on any atom is -0.352 e. The fourth-order valence-corrected chi connectivity index (χ4v) is 3.16. The fraction of sp³-hybridized carbons (Fsp3) is 0.250. The number of pyridine rings is 1. The second-order valence-electron chi connectivity index (χ2n) is 6.38. The van der Waals surface area contributed by atoms with E-state index in [9.17, 15) is 4.79 Å². The van der Waals surface area contributed by atoms with Crippen molar-refractivity contribution in [3.8, 4) is 11.3 Å². The molecule has 134 valence electrons. The van der Waals surface area contributed by atoms with Crippen LogP contribution in [0.5, 0.6) is 0 Å². The van der Waals surface area contributed by atoms with Crippen molar-refractivity contribution in [3.63, 3.8) is 0 Å². The van der Waals surface area contributed by atoms with Crippen molar-refractivity contribution in [1.82, 2.24) is 20.1 Å². The first-order valence-corrected chi connectivity index (χ1v) is 9.31. The molecule has 0 radical (unpaired) electrons. The minimum absolute atomic E-state index is 0.0943. The van der Waals surface area contributed by atoms with E-state index in [1.165, 1.54) is 0 Å². The molecule has 1 N–H and O–H groups in total. The van der Waals surface area contributed by atoms with Gasteiger partial charge in [0.05, 0.1) is 17.0 Å². The summed E-state index contributed by atoms with van der Waals surface area (Å²) in [4.78, 5) is 17.1. The van der Waals surface area contributed by atoms with Crippen molar-refractivity contribution in [2.45, 2.75) is 20.4 Å². The molecule has 0 bridgehead atoms. The first-order valence-electron chi connectivity index (χ1n) is 8.52. The van der Waals surface area contributed by atoms with Crippen molar-refractivity contribution in [2.75, 3.05) is 6.54 Å². The quantitative estimate of drug-likeness (QED) is 0.663. The van der Waals surface area contributed by atoms with Gasteiger partial charge < -0.3 is 5.32 Å². The van der Waals surface area contributed by atoms with Crippen LogP contribution in [0.4, 0.5) is 0 Å². The van der Waals surface area contributed by atoms with Gasteiger partial charge in [0, 0.05) is 35.5 Å². The monoisotopic (exact) mass is 412 g/mol. The smallest absolute Gasteiger partial charge is 0.253 e. The second kappa shape index (κ2) is 8.27. The van der Waals surface area contributed by atoms with E-state index in [1.807, 2.05) is 60.3 Å². The molecule has 1 aromatic carbocycles. The zero-order valence-electron chi connectivity index (χ0n) is 14.8. The van der Waals surface area contributed by atoms with E-state index >= 15 is 0 Å². The minimum atomic E-state index is -0.0943. The lowest BCUT2D eigenvalue weighted by Gasteiger charge is -2.14. The molecule has 0 fully saturated rings. The Bertz CT molecular complexity index is 893. The van der Waals surface area contributed by atoms with Gasteiger partial charge in [-0.05, 0) is 43.2 Å². The van der Waals surface area contributed by atoms with Crippen LogP contribution in [-0.4, -0.2) is 27.2 Å². The molecule has 0 saturated heterocycles. The Morgan fingerprint density at radius 1 is 1.27 bits per heavy atom. The molecule has 2 aromatic heterocycles. The van der Waals surface area contributed by atoms with Crippen LogP contribution in [0.3, 0.4) is 0 Å². The molecule has 3 aromatic rings. The molecule has 0 aliphatic rings. The number of nitrogens with one attached hydrogen (secondary N) is 1. The third-order valence-corrected chi connectivity index (χ3v) is 4.61. The number of nitrogens with zero attached hydrogens (tertiary/aromatic N) is 3. The SMILES string of the molecule is Cc1nc(-c2cccc(Br)c2)ccc1C(=O)NCC(C)Cn1cccn1. The number of amides is 1. The van der Waals surface area contributed by atoms with Gasteiger partial charge in [-0.1, -0.05) is 35.0 Å². The normalized spacial score (nSPS) is 12.0. The average Bonchev–Trinajstić information content (AvgIpc) is 3.12. The number of aromatic nitrogens is 3. The third-order valence-electron chi connectivity index (χ3n) is 4.12. The maximum Gasteiger partial charge on any atom is 0.253 e. The van der Waals surface area contributed by atoms with Gasteiger partial charge in [-0.2, -0.15) is 5.10 Å². The molecule has 1 atom stereocenters. The van der Waals surface area contributed by atoms with Crippen molar-refractivity contribution < 1.29 is 4.79 Å². The number of aryl methyl sites for hydroxylation is 1. The van der Waals surface area contributed by atoms with Gasteiger partial charge in [0.15, 0.2) is 0 Å². The maximum absolute atomic E-state index is 12.5. The topological polar surface area (TPSA) is 59.8 Å². The van der Waals surface area contributed by atoms with Crippen LogP contribution in [0.2, 0.25) is 0 Å². The number of benzene rings is 1. The maximum atomic E-state index is 12.5. The van der Waals surface area contributed by atoms with E-state index in [4.69, 9.17) is 0 Å². The first-order chi connectivity index (χ1) is 12.5. The highest BCUT2D eigenvalue weighted by Crippen LogP contribution is 2.22. The predicted octanol–water partition coefficient (Wildman–Crippen LogP) is 4.08. The third kappa shape index (κ3) is 4.58. The molecule has 0 aliphatic heterocycles. The summed E-state index contributed by atoms with van der Waals surface area (Å²) in [6.07, 6.45) is 3.68. The lowest BCUT2D eigenvalue weighted by Crippen LogP contribution is -2.30. The van der Waals surface area contributed by atoms with E-state index in [0.717, 1.165) is 28.0 Å². The van der Waals surface area contributed by atoms with Gasteiger partial charge in [0.2, 0.25) is 0 Å². The average molecular weight is 413 g/mol. The summed E-state index contributed by atoms with van der Waals surface area (Å²) < 4.78 is 2.87. The molecule has 0 saturated carbocycles. The van der Waals surface area contributed by atoms with E-state index in [-0.39, 0.29) is 11.8 Å². The van der Waals surface area contributed by atoms with Crippen LogP contribution in [0, 0.1) is 12.8 Å². The molecule has 0 spiro atoms. The van der Waals surface area contributed by atoms with Crippen molar-refractivity contribution in [2.24, 2.45) is 5.92 Å². The molecule has 2 heterocycles. The molecule has 1 unspecified atom stereocenters. The zero-order valence-corrected chi connectivity index (χ0v) is 16.4. The zero-order chi connectivity index (χ0) is 18.5. The summed E-state index contributed by atoms with van der Waals surface area (Å²) >= 11 is 3.47. The highest BCUT2D eigenvalue weighted by atomic mass is 79.9. The Hall–Kier alpha value is -2.47. The summed E-state index contributed by atoms with van der Waals surface area (Å²) in [6, 6.07) is 13.6. The lowest BCUT2D eigenvalue weighted by atomic mass is 10.1. The van der Waals surface area contributed by atoms with E-state index in [1.54, 1.807) is 6.20 Å².